The van der Waals surface area contributed by atoms with E-state index in [1.807, 2.05) is 19.3 Å². The Kier molecular flexibility index (Phi) is 22.2. The van der Waals surface area contributed by atoms with Crippen LogP contribution in [0.1, 0.15) is 75.9 Å². The lowest BCUT2D eigenvalue weighted by molar-refractivity contribution is -0.153. The average Bonchev–Trinajstić information content (AvgIpc) is 3.87. The van der Waals surface area contributed by atoms with Crippen molar-refractivity contribution in [1.29, 1.82) is 0 Å². The third-order valence-electron chi connectivity index (χ3n) is 6.61. The van der Waals surface area contributed by atoms with Crippen molar-refractivity contribution >= 4 is 88.3 Å². The Hall–Kier alpha value is -2.79. The van der Waals surface area contributed by atoms with Crippen LogP contribution in [-0.4, -0.2) is 53.5 Å². The van der Waals surface area contributed by atoms with Crippen LogP contribution in [0.2, 0.25) is 0 Å². The second kappa shape index (κ2) is 24.5. The zero-order chi connectivity index (χ0) is 35.6. The molecule has 284 valence electrons. The van der Waals surface area contributed by atoms with Gasteiger partial charge in [0.25, 0.3) is 0 Å². The van der Waals surface area contributed by atoms with Crippen LogP contribution >= 0.6 is 70.2 Å². The summed E-state index contributed by atoms with van der Waals surface area (Å²) >= 11 is 6.87. The molecule has 2 amide bonds. The lowest BCUT2D eigenvalue weighted by Gasteiger charge is -2.19. The number of nitrogens with two attached hydrogens (primary N) is 1. The summed E-state index contributed by atoms with van der Waals surface area (Å²) < 4.78 is 15.1. The minimum absolute atomic E-state index is 0. The molecule has 4 aromatic rings. The molecule has 11 nitrogen and oxygen atoms in total. The van der Waals surface area contributed by atoms with Crippen LogP contribution in [0.3, 0.4) is 0 Å². The normalized spacial score (nSPS) is 10.5. The Bertz CT molecular complexity index is 1600. The van der Waals surface area contributed by atoms with Gasteiger partial charge in [-0.1, -0.05) is 0 Å². The Balaban J connectivity index is 0.000000509. The van der Waals surface area contributed by atoms with Gasteiger partial charge in [-0.15, -0.1) is 70.2 Å². The molecule has 17 heteroatoms. The van der Waals surface area contributed by atoms with Gasteiger partial charge in [-0.2, -0.15) is 0 Å². The molecule has 0 aliphatic heterocycles. The molecule has 4 heterocycles. The van der Waals surface area contributed by atoms with E-state index in [0.717, 1.165) is 67.1 Å². The van der Waals surface area contributed by atoms with E-state index in [4.69, 9.17) is 20.1 Å². The van der Waals surface area contributed by atoms with Crippen molar-refractivity contribution in [3.8, 4) is 0 Å². The first-order chi connectivity index (χ1) is 23.4. The highest BCUT2D eigenvalue weighted by Gasteiger charge is 2.17. The van der Waals surface area contributed by atoms with Gasteiger partial charge in [0.2, 0.25) is 0 Å². The fourth-order valence-corrected chi connectivity index (χ4v) is 7.64. The number of nitrogens with one attached hydrogen (secondary N) is 2. The Morgan fingerprint density at radius 3 is 1.59 bits per heavy atom. The zero-order valence-corrected chi connectivity index (χ0v) is 34.5. The fourth-order valence-electron chi connectivity index (χ4n) is 4.40. The van der Waals surface area contributed by atoms with Gasteiger partial charge in [-0.05, 0) is 120 Å². The molecule has 0 aliphatic carbocycles. The van der Waals surface area contributed by atoms with Crippen LogP contribution in [0, 0.1) is 13.8 Å². The van der Waals surface area contributed by atoms with Gasteiger partial charge in [0.1, 0.15) is 12.1 Å². The van der Waals surface area contributed by atoms with Crippen LogP contribution < -0.4 is 16.6 Å². The number of thiophene rings is 2. The molecule has 0 atom stereocenters. The Labute approximate surface area is 328 Å². The summed E-state index contributed by atoms with van der Waals surface area (Å²) in [5.41, 5.74) is 6.37. The number of halogens is 2. The first kappa shape index (κ1) is 46.2. The predicted molar refractivity (Wildman–Crippen MR) is 212 cm³/mol. The van der Waals surface area contributed by atoms with Gasteiger partial charge in [-0.25, -0.2) is 25.4 Å². The van der Waals surface area contributed by atoms with Crippen LogP contribution in [0.25, 0.3) is 0 Å². The van der Waals surface area contributed by atoms with Crippen molar-refractivity contribution < 1.29 is 28.6 Å². The predicted octanol–water partition coefficient (Wildman–Crippen LogP) is 7.97. The fraction of sp³-hybridized carbons (Fsp3) is 0.500. The molecule has 0 bridgehead atoms. The molecule has 0 saturated carbocycles. The summed E-state index contributed by atoms with van der Waals surface area (Å²) in [5, 5.41) is 13.3. The number of amides is 2. The van der Waals surface area contributed by atoms with Gasteiger partial charge in [-0.3, -0.25) is 10.2 Å². The van der Waals surface area contributed by atoms with E-state index in [-0.39, 0.29) is 31.4 Å². The minimum atomic E-state index is -0.601. The molecule has 51 heavy (non-hydrogen) atoms. The van der Waals surface area contributed by atoms with Crippen molar-refractivity contribution in [2.45, 2.75) is 91.6 Å². The lowest BCUT2D eigenvalue weighted by atomic mass is 10.1. The second-order valence-electron chi connectivity index (χ2n) is 12.1. The van der Waals surface area contributed by atoms with Crippen LogP contribution in [0.4, 0.5) is 9.59 Å². The summed E-state index contributed by atoms with van der Waals surface area (Å²) in [6.45, 7) is 9.89. The molecular formula is C34H49Cl2N5O6S4. The molecule has 4 aromatic heterocycles. The van der Waals surface area contributed by atoms with Crippen LogP contribution in [0.15, 0.2) is 33.7 Å². The van der Waals surface area contributed by atoms with Crippen molar-refractivity contribution in [3.05, 3.63) is 75.9 Å². The summed E-state index contributed by atoms with van der Waals surface area (Å²) in [7, 11) is 0. The van der Waals surface area contributed by atoms with E-state index in [9.17, 15) is 14.4 Å². The first-order valence-electron chi connectivity index (χ1n) is 16.1. The Morgan fingerprint density at radius 2 is 1.18 bits per heavy atom. The van der Waals surface area contributed by atoms with Gasteiger partial charge >= 0.3 is 18.2 Å². The highest BCUT2D eigenvalue weighted by molar-refractivity contribution is 7.10. The van der Waals surface area contributed by atoms with Gasteiger partial charge in [0.05, 0.1) is 34.6 Å². The maximum Gasteiger partial charge on any atom is 0.421 e. The summed E-state index contributed by atoms with van der Waals surface area (Å²) in [4.78, 5) is 45.5. The van der Waals surface area contributed by atoms with E-state index in [2.05, 4.69) is 48.9 Å². The number of carbonyl (C=O) groups excluding carboxylic acids is 3. The number of nitrogens with zero attached hydrogens (tertiary/aromatic N) is 2. The van der Waals surface area contributed by atoms with E-state index in [1.165, 1.54) is 26.6 Å². The third kappa shape index (κ3) is 20.1. The molecule has 4 rings (SSSR count). The number of hydrogen-bond donors (Lipinski definition) is 3. The molecule has 0 radical (unpaired) electrons. The van der Waals surface area contributed by atoms with E-state index in [0.29, 0.717) is 13.2 Å². The third-order valence-corrected chi connectivity index (χ3v) is 10.3. The molecule has 0 unspecified atom stereocenters. The lowest BCUT2D eigenvalue weighted by Crippen LogP contribution is -2.35. The van der Waals surface area contributed by atoms with Crippen LogP contribution in [-0.2, 0) is 57.5 Å². The summed E-state index contributed by atoms with van der Waals surface area (Å²) in [6.07, 6.45) is 6.09. The minimum Gasteiger partial charge on any atom is -0.459 e. The number of aromatic nitrogens is 2. The van der Waals surface area contributed by atoms with Crippen molar-refractivity contribution in [3.63, 3.8) is 0 Å². The number of aryl methyl sites for hydroxylation is 8. The standard InChI is InChI=1S/C20H28N2O4S2.C14H19N3O2S2.2ClH/c1-14-22-16(13-27-14)8-7-15-10-17(28-12-15)6-5-9-25-19(24)21-11-18(23)26-20(2,3)4;1-10-16-12(9-20-10)5-4-11-7-13(21-8-11)3-2-6-19-14(18)17-15;;/h10,12-13H,5-9,11H2,1-4H3,(H,21,24);7-9H,2-6,15H2,1H3,(H,17,18);2*1H. The highest BCUT2D eigenvalue weighted by atomic mass is 35.5. The topological polar surface area (TPSA) is 155 Å². The second-order valence-corrected chi connectivity index (χ2v) is 16.2. The van der Waals surface area contributed by atoms with E-state index < -0.39 is 23.8 Å². The largest absolute Gasteiger partial charge is 0.459 e. The maximum absolute atomic E-state index is 11.6. The molecule has 0 aromatic carbocycles. The molecular weight excluding hydrogens is 774 g/mol. The first-order valence-corrected chi connectivity index (χ1v) is 19.6. The van der Waals surface area contributed by atoms with Gasteiger partial charge in [0.15, 0.2) is 0 Å². The van der Waals surface area contributed by atoms with Gasteiger partial charge < -0.3 is 19.5 Å². The van der Waals surface area contributed by atoms with Crippen molar-refractivity contribution in [1.82, 2.24) is 20.7 Å². The molecule has 4 N–H and O–H groups in total. The SMILES string of the molecule is Cc1nc(CCc2csc(CCCOC(=O)NCC(=O)OC(C)(C)C)c2)cs1.Cc1nc(CCc2csc(CCCOC(=O)NN)c2)cs1.Cl.Cl. The van der Waals surface area contributed by atoms with Crippen molar-refractivity contribution in [2.75, 3.05) is 19.8 Å². The number of carbonyl (C=O) groups is 3. The number of ether oxygens (including phenoxy) is 3. The van der Waals surface area contributed by atoms with Crippen LogP contribution in [0.5, 0.6) is 0 Å². The number of hydrazine groups is 1. The van der Waals surface area contributed by atoms with E-state index >= 15 is 0 Å². The highest BCUT2D eigenvalue weighted by Crippen LogP contribution is 2.20. The zero-order valence-electron chi connectivity index (χ0n) is 29.6. The van der Waals surface area contributed by atoms with Crippen molar-refractivity contribution in [2.24, 2.45) is 5.84 Å². The number of alkyl carbamates (subject to hydrolysis) is 1. The quantitative estimate of drug-likeness (QED) is 0.0255. The molecule has 0 saturated heterocycles. The summed E-state index contributed by atoms with van der Waals surface area (Å²) in [6, 6.07) is 4.44. The number of thiazole rings is 2. The average molecular weight is 823 g/mol. The molecule has 0 spiro atoms. The Morgan fingerprint density at radius 1 is 0.706 bits per heavy atom. The monoisotopic (exact) mass is 821 g/mol. The summed E-state index contributed by atoms with van der Waals surface area (Å²) in [5.74, 6) is 4.44. The number of hydrogen-bond acceptors (Lipinski definition) is 13. The molecule has 0 fully saturated rings. The smallest absolute Gasteiger partial charge is 0.421 e. The van der Waals surface area contributed by atoms with Gasteiger partial charge in [0, 0.05) is 20.5 Å². The van der Waals surface area contributed by atoms with E-state index in [1.54, 1.807) is 66.1 Å². The number of rotatable bonds is 16. The number of esters is 1. The maximum atomic E-state index is 11.6. The molecule has 0 aliphatic rings.